The fourth-order valence-electron chi connectivity index (χ4n) is 1.07. The van der Waals surface area contributed by atoms with Crippen molar-refractivity contribution in [2.24, 2.45) is 0 Å². The SMILES string of the molecule is O=C(NCc1cccc(Cl)c1)NCC(F)(F)F. The van der Waals surface area contributed by atoms with E-state index in [1.807, 2.05) is 0 Å². The van der Waals surface area contributed by atoms with Crippen LogP contribution in [0, 0.1) is 0 Å². The number of carbonyl (C=O) groups is 1. The average molecular weight is 267 g/mol. The highest BCUT2D eigenvalue weighted by atomic mass is 35.5. The summed E-state index contributed by atoms with van der Waals surface area (Å²) in [5, 5.41) is 4.49. The first-order valence-electron chi connectivity index (χ1n) is 4.70. The molecule has 17 heavy (non-hydrogen) atoms. The second-order valence-electron chi connectivity index (χ2n) is 3.28. The number of alkyl halides is 3. The monoisotopic (exact) mass is 266 g/mol. The van der Waals surface area contributed by atoms with Crippen molar-refractivity contribution in [2.45, 2.75) is 12.7 Å². The zero-order valence-electron chi connectivity index (χ0n) is 8.64. The van der Waals surface area contributed by atoms with E-state index in [0.717, 1.165) is 0 Å². The highest BCUT2D eigenvalue weighted by Gasteiger charge is 2.27. The van der Waals surface area contributed by atoms with E-state index < -0.39 is 18.8 Å². The van der Waals surface area contributed by atoms with Crippen molar-refractivity contribution < 1.29 is 18.0 Å². The molecule has 0 radical (unpaired) electrons. The largest absolute Gasteiger partial charge is 0.405 e. The van der Waals surface area contributed by atoms with E-state index in [9.17, 15) is 18.0 Å². The molecule has 0 atom stereocenters. The summed E-state index contributed by atoms with van der Waals surface area (Å²) in [6, 6.07) is 5.80. The number of hydrogen-bond donors (Lipinski definition) is 2. The number of rotatable bonds is 3. The number of hydrogen-bond acceptors (Lipinski definition) is 1. The molecule has 1 rings (SSSR count). The van der Waals surface area contributed by atoms with Gasteiger partial charge in [0.1, 0.15) is 6.54 Å². The van der Waals surface area contributed by atoms with E-state index in [1.165, 1.54) is 0 Å². The molecular weight excluding hydrogens is 257 g/mol. The van der Waals surface area contributed by atoms with E-state index >= 15 is 0 Å². The van der Waals surface area contributed by atoms with Crippen molar-refractivity contribution in [3.8, 4) is 0 Å². The lowest BCUT2D eigenvalue weighted by Gasteiger charge is -2.09. The predicted octanol–water partition coefficient (Wildman–Crippen LogP) is 2.70. The molecule has 94 valence electrons. The zero-order chi connectivity index (χ0) is 12.9. The van der Waals surface area contributed by atoms with Crippen molar-refractivity contribution in [1.82, 2.24) is 10.6 Å². The Morgan fingerprint density at radius 1 is 1.29 bits per heavy atom. The van der Waals surface area contributed by atoms with Gasteiger partial charge in [-0.15, -0.1) is 0 Å². The Labute approximate surface area is 101 Å². The molecule has 0 aliphatic heterocycles. The molecule has 2 N–H and O–H groups in total. The van der Waals surface area contributed by atoms with Gasteiger partial charge >= 0.3 is 12.2 Å². The third-order valence-corrected chi connectivity index (χ3v) is 2.03. The summed E-state index contributed by atoms with van der Waals surface area (Å²) in [5.74, 6) is 0. The third-order valence-electron chi connectivity index (χ3n) is 1.79. The number of amides is 2. The van der Waals surface area contributed by atoms with Crippen LogP contribution in [0.2, 0.25) is 5.02 Å². The third kappa shape index (κ3) is 6.01. The lowest BCUT2D eigenvalue weighted by atomic mass is 10.2. The van der Waals surface area contributed by atoms with E-state index in [0.29, 0.717) is 10.6 Å². The minimum absolute atomic E-state index is 0.115. The Balaban J connectivity index is 2.33. The topological polar surface area (TPSA) is 41.1 Å². The van der Waals surface area contributed by atoms with Crippen LogP contribution >= 0.6 is 11.6 Å². The van der Waals surface area contributed by atoms with Crippen LogP contribution in [0.5, 0.6) is 0 Å². The lowest BCUT2D eigenvalue weighted by Crippen LogP contribution is -2.40. The summed E-state index contributed by atoms with van der Waals surface area (Å²) in [6.45, 7) is -1.24. The van der Waals surface area contributed by atoms with Gasteiger partial charge < -0.3 is 10.6 Å². The molecule has 0 aliphatic rings. The molecule has 0 aromatic heterocycles. The molecule has 0 saturated carbocycles. The van der Waals surface area contributed by atoms with Gasteiger partial charge in [0.25, 0.3) is 0 Å². The molecule has 0 fully saturated rings. The van der Waals surface area contributed by atoms with Crippen molar-refractivity contribution >= 4 is 17.6 Å². The fourth-order valence-corrected chi connectivity index (χ4v) is 1.29. The molecule has 1 aromatic carbocycles. The number of carbonyl (C=O) groups excluding carboxylic acids is 1. The number of benzene rings is 1. The summed E-state index contributed by atoms with van der Waals surface area (Å²) in [7, 11) is 0. The predicted molar refractivity (Wildman–Crippen MR) is 57.7 cm³/mol. The number of nitrogens with one attached hydrogen (secondary N) is 2. The van der Waals surface area contributed by atoms with Crippen LogP contribution in [0.1, 0.15) is 5.56 Å². The zero-order valence-corrected chi connectivity index (χ0v) is 9.40. The van der Waals surface area contributed by atoms with Crippen LogP contribution in [0.3, 0.4) is 0 Å². The van der Waals surface area contributed by atoms with Crippen molar-refractivity contribution in [3.05, 3.63) is 34.9 Å². The normalized spacial score (nSPS) is 11.1. The molecule has 0 bridgehead atoms. The number of urea groups is 1. The van der Waals surface area contributed by atoms with Gasteiger partial charge in [0, 0.05) is 11.6 Å². The second kappa shape index (κ2) is 5.77. The van der Waals surface area contributed by atoms with Gasteiger partial charge in [0.05, 0.1) is 0 Å². The van der Waals surface area contributed by atoms with E-state index in [1.54, 1.807) is 29.6 Å². The van der Waals surface area contributed by atoms with Crippen LogP contribution in [-0.2, 0) is 6.54 Å². The van der Waals surface area contributed by atoms with E-state index in [-0.39, 0.29) is 6.54 Å². The van der Waals surface area contributed by atoms with Crippen LogP contribution in [0.25, 0.3) is 0 Å². The standard InChI is InChI=1S/C10H10ClF3N2O/c11-8-3-1-2-7(4-8)5-15-9(17)16-6-10(12,13)14/h1-4H,5-6H2,(H2,15,16,17). The maximum atomic E-state index is 11.8. The molecule has 0 saturated heterocycles. The van der Waals surface area contributed by atoms with Crippen molar-refractivity contribution in [3.63, 3.8) is 0 Å². The van der Waals surface area contributed by atoms with Crippen molar-refractivity contribution in [2.75, 3.05) is 6.54 Å². The van der Waals surface area contributed by atoms with Crippen LogP contribution < -0.4 is 10.6 Å². The second-order valence-corrected chi connectivity index (χ2v) is 3.72. The number of halogens is 4. The van der Waals surface area contributed by atoms with Gasteiger partial charge in [0.15, 0.2) is 0 Å². The van der Waals surface area contributed by atoms with Crippen LogP contribution in [0.4, 0.5) is 18.0 Å². The first-order valence-corrected chi connectivity index (χ1v) is 5.07. The Morgan fingerprint density at radius 3 is 2.59 bits per heavy atom. The first-order chi connectivity index (χ1) is 7.87. The van der Waals surface area contributed by atoms with E-state index in [4.69, 9.17) is 11.6 Å². The van der Waals surface area contributed by atoms with Crippen LogP contribution in [-0.4, -0.2) is 18.8 Å². The van der Waals surface area contributed by atoms with E-state index in [2.05, 4.69) is 5.32 Å². The van der Waals surface area contributed by atoms with Gasteiger partial charge in [-0.2, -0.15) is 13.2 Å². The molecular formula is C10H10ClF3N2O. The molecule has 2 amide bonds. The Kier molecular flexibility index (Phi) is 4.62. The molecule has 1 aromatic rings. The minimum atomic E-state index is -4.41. The van der Waals surface area contributed by atoms with Gasteiger partial charge in [-0.25, -0.2) is 4.79 Å². The first kappa shape index (κ1) is 13.6. The summed E-state index contributed by atoms with van der Waals surface area (Å²) in [5.41, 5.74) is 0.708. The highest BCUT2D eigenvalue weighted by molar-refractivity contribution is 6.30. The molecule has 0 spiro atoms. The Bertz CT molecular complexity index is 395. The highest BCUT2D eigenvalue weighted by Crippen LogP contribution is 2.12. The van der Waals surface area contributed by atoms with Crippen LogP contribution in [0.15, 0.2) is 24.3 Å². The summed E-state index contributed by atoms with van der Waals surface area (Å²) in [4.78, 5) is 11.0. The summed E-state index contributed by atoms with van der Waals surface area (Å²) >= 11 is 5.70. The van der Waals surface area contributed by atoms with Gasteiger partial charge in [-0.3, -0.25) is 0 Å². The van der Waals surface area contributed by atoms with Gasteiger partial charge in [0.2, 0.25) is 0 Å². The maximum absolute atomic E-state index is 11.8. The van der Waals surface area contributed by atoms with Gasteiger partial charge in [-0.1, -0.05) is 23.7 Å². The summed E-state index contributed by atoms with van der Waals surface area (Å²) in [6.07, 6.45) is -4.41. The molecule has 0 unspecified atom stereocenters. The maximum Gasteiger partial charge on any atom is 0.405 e. The Hall–Kier alpha value is -1.43. The fraction of sp³-hybridized carbons (Fsp3) is 0.300. The quantitative estimate of drug-likeness (QED) is 0.868. The summed E-state index contributed by atoms with van der Waals surface area (Å²) < 4.78 is 35.3. The average Bonchev–Trinajstić information content (AvgIpc) is 2.23. The smallest absolute Gasteiger partial charge is 0.334 e. The lowest BCUT2D eigenvalue weighted by molar-refractivity contribution is -0.122. The Morgan fingerprint density at radius 2 is 2.00 bits per heavy atom. The molecule has 3 nitrogen and oxygen atoms in total. The molecule has 0 heterocycles. The minimum Gasteiger partial charge on any atom is -0.334 e. The molecule has 7 heteroatoms. The molecule has 0 aliphatic carbocycles. The van der Waals surface area contributed by atoms with Gasteiger partial charge in [-0.05, 0) is 17.7 Å². The van der Waals surface area contributed by atoms with Crippen molar-refractivity contribution in [1.29, 1.82) is 0 Å².